The van der Waals surface area contributed by atoms with Gasteiger partial charge in [-0.1, -0.05) is 0 Å². The van der Waals surface area contributed by atoms with E-state index >= 15 is 0 Å². The molecule has 5 nitrogen and oxygen atoms in total. The van der Waals surface area contributed by atoms with Crippen molar-refractivity contribution in [3.8, 4) is 5.75 Å². The van der Waals surface area contributed by atoms with Gasteiger partial charge >= 0.3 is 0 Å². The van der Waals surface area contributed by atoms with E-state index in [1.807, 2.05) is 6.92 Å². The average molecular weight is 263 g/mol. The van der Waals surface area contributed by atoms with Crippen molar-refractivity contribution in [3.05, 3.63) is 48.0 Å². The van der Waals surface area contributed by atoms with Gasteiger partial charge in [-0.05, 0) is 37.3 Å². The van der Waals surface area contributed by atoms with Gasteiger partial charge in [0, 0.05) is 6.20 Å². The maximum absolute atomic E-state index is 12.7. The fourth-order valence-electron chi connectivity index (χ4n) is 1.50. The minimum atomic E-state index is -0.312. The van der Waals surface area contributed by atoms with Crippen LogP contribution in [0.2, 0.25) is 0 Å². The highest BCUT2D eigenvalue weighted by molar-refractivity contribution is 5.92. The van der Waals surface area contributed by atoms with Gasteiger partial charge in [0.05, 0.1) is 6.54 Å². The number of carbonyl (C=O) groups excluding carboxylic acids is 1. The Kier molecular flexibility index (Phi) is 4.12. The number of carbonyl (C=O) groups is 1. The smallest absolute Gasteiger partial charge is 0.269 e. The molecule has 0 fully saturated rings. The zero-order chi connectivity index (χ0) is 13.7. The largest absolute Gasteiger partial charge is 0.489 e. The Morgan fingerprint density at radius 2 is 2.16 bits per heavy atom. The minimum Gasteiger partial charge on any atom is -0.489 e. The Balaban J connectivity index is 1.80. The number of nitrogens with one attached hydrogen (secondary N) is 2. The summed E-state index contributed by atoms with van der Waals surface area (Å²) >= 11 is 0. The van der Waals surface area contributed by atoms with Crippen LogP contribution < -0.4 is 10.1 Å². The SMILES string of the molecule is C[C@H](CNC(=O)c1ccn[nH]1)Oc1ccc(F)cc1. The van der Waals surface area contributed by atoms with Crippen LogP contribution in [0, 0.1) is 5.82 Å². The van der Waals surface area contributed by atoms with Gasteiger partial charge in [-0.15, -0.1) is 0 Å². The van der Waals surface area contributed by atoms with Crippen molar-refractivity contribution in [3.63, 3.8) is 0 Å². The fraction of sp³-hybridized carbons (Fsp3) is 0.231. The Labute approximate surface area is 109 Å². The Hall–Kier alpha value is -2.37. The number of hydrogen-bond donors (Lipinski definition) is 2. The predicted octanol–water partition coefficient (Wildman–Crippen LogP) is 1.75. The Bertz CT molecular complexity index is 525. The number of nitrogens with zero attached hydrogens (tertiary/aromatic N) is 1. The monoisotopic (exact) mass is 263 g/mol. The van der Waals surface area contributed by atoms with Crippen molar-refractivity contribution in [2.45, 2.75) is 13.0 Å². The molecule has 1 amide bonds. The number of ether oxygens (including phenoxy) is 1. The van der Waals surface area contributed by atoms with Crippen LogP contribution in [0.15, 0.2) is 36.5 Å². The molecule has 0 spiro atoms. The lowest BCUT2D eigenvalue weighted by Gasteiger charge is -2.15. The number of amides is 1. The van der Waals surface area contributed by atoms with Crippen molar-refractivity contribution in [1.82, 2.24) is 15.5 Å². The molecule has 1 aromatic carbocycles. The van der Waals surface area contributed by atoms with Gasteiger partial charge < -0.3 is 10.1 Å². The maximum Gasteiger partial charge on any atom is 0.269 e. The molecule has 2 N–H and O–H groups in total. The average Bonchev–Trinajstić information content (AvgIpc) is 2.93. The van der Waals surface area contributed by atoms with Gasteiger partial charge in [0.1, 0.15) is 23.4 Å². The molecule has 100 valence electrons. The number of H-pyrrole nitrogens is 1. The summed E-state index contributed by atoms with van der Waals surface area (Å²) in [6.07, 6.45) is 1.28. The molecule has 0 saturated heterocycles. The summed E-state index contributed by atoms with van der Waals surface area (Å²) in [6, 6.07) is 7.32. The van der Waals surface area contributed by atoms with E-state index in [0.717, 1.165) is 0 Å². The number of benzene rings is 1. The van der Waals surface area contributed by atoms with E-state index in [0.29, 0.717) is 18.0 Å². The summed E-state index contributed by atoms with van der Waals surface area (Å²) in [7, 11) is 0. The van der Waals surface area contributed by atoms with Gasteiger partial charge in [0.15, 0.2) is 0 Å². The van der Waals surface area contributed by atoms with Gasteiger partial charge in [-0.25, -0.2) is 4.39 Å². The number of aromatic nitrogens is 2. The van der Waals surface area contributed by atoms with E-state index in [1.165, 1.54) is 18.3 Å². The second kappa shape index (κ2) is 5.99. The van der Waals surface area contributed by atoms with Crippen molar-refractivity contribution in [1.29, 1.82) is 0 Å². The zero-order valence-electron chi connectivity index (χ0n) is 10.4. The van der Waals surface area contributed by atoms with E-state index in [-0.39, 0.29) is 17.8 Å². The molecule has 2 aromatic rings. The van der Waals surface area contributed by atoms with Crippen molar-refractivity contribution < 1.29 is 13.9 Å². The lowest BCUT2D eigenvalue weighted by Crippen LogP contribution is -2.33. The molecule has 0 saturated carbocycles. The van der Waals surface area contributed by atoms with Crippen LogP contribution in [0.4, 0.5) is 4.39 Å². The molecule has 0 aliphatic carbocycles. The maximum atomic E-state index is 12.7. The molecule has 0 unspecified atom stereocenters. The first-order valence-corrected chi connectivity index (χ1v) is 5.85. The molecule has 2 rings (SSSR count). The highest BCUT2D eigenvalue weighted by Crippen LogP contribution is 2.12. The lowest BCUT2D eigenvalue weighted by molar-refractivity contribution is 0.0927. The first-order chi connectivity index (χ1) is 9.15. The van der Waals surface area contributed by atoms with Crippen molar-refractivity contribution in [2.24, 2.45) is 0 Å². The van der Waals surface area contributed by atoms with Crippen molar-refractivity contribution in [2.75, 3.05) is 6.54 Å². The first-order valence-electron chi connectivity index (χ1n) is 5.85. The van der Waals surface area contributed by atoms with Gasteiger partial charge in [0.25, 0.3) is 5.91 Å². The molecule has 0 aliphatic heterocycles. The molecule has 1 aromatic heterocycles. The second-order valence-electron chi connectivity index (χ2n) is 4.06. The van der Waals surface area contributed by atoms with Gasteiger partial charge in [-0.2, -0.15) is 5.10 Å². The summed E-state index contributed by atoms with van der Waals surface area (Å²) < 4.78 is 18.2. The summed E-state index contributed by atoms with van der Waals surface area (Å²) in [4.78, 5) is 11.6. The van der Waals surface area contributed by atoms with E-state index in [9.17, 15) is 9.18 Å². The van der Waals surface area contributed by atoms with E-state index < -0.39 is 0 Å². The van der Waals surface area contributed by atoms with Crippen LogP contribution in [0.5, 0.6) is 5.75 Å². The first kappa shape index (κ1) is 13.1. The second-order valence-corrected chi connectivity index (χ2v) is 4.06. The third-order valence-electron chi connectivity index (χ3n) is 2.45. The van der Waals surface area contributed by atoms with Gasteiger partial charge in [-0.3, -0.25) is 9.89 Å². The van der Waals surface area contributed by atoms with Crippen LogP contribution in [0.3, 0.4) is 0 Å². The summed E-state index contributed by atoms with van der Waals surface area (Å²) in [5, 5.41) is 8.97. The zero-order valence-corrected chi connectivity index (χ0v) is 10.4. The number of halogens is 1. The quantitative estimate of drug-likeness (QED) is 0.863. The number of aromatic amines is 1. The summed E-state index contributed by atoms with van der Waals surface area (Å²) in [6.45, 7) is 2.16. The van der Waals surface area contributed by atoms with Crippen LogP contribution in [0.25, 0.3) is 0 Å². The summed E-state index contributed by atoms with van der Waals surface area (Å²) in [5.74, 6) is 0.00398. The van der Waals surface area contributed by atoms with Crippen LogP contribution in [0.1, 0.15) is 17.4 Å². The third-order valence-corrected chi connectivity index (χ3v) is 2.45. The van der Waals surface area contributed by atoms with E-state index in [2.05, 4.69) is 15.5 Å². The Morgan fingerprint density at radius 3 is 2.79 bits per heavy atom. The van der Waals surface area contributed by atoms with Crippen LogP contribution in [-0.2, 0) is 0 Å². The molecule has 0 radical (unpaired) electrons. The normalized spacial score (nSPS) is 11.9. The molecular weight excluding hydrogens is 249 g/mol. The van der Waals surface area contributed by atoms with Crippen LogP contribution >= 0.6 is 0 Å². The summed E-state index contributed by atoms with van der Waals surface area (Å²) in [5.41, 5.74) is 0.397. The molecule has 0 aliphatic rings. The van der Waals surface area contributed by atoms with Crippen molar-refractivity contribution >= 4 is 5.91 Å². The van der Waals surface area contributed by atoms with E-state index in [1.54, 1.807) is 18.2 Å². The van der Waals surface area contributed by atoms with Crippen LogP contribution in [-0.4, -0.2) is 28.8 Å². The van der Waals surface area contributed by atoms with E-state index in [4.69, 9.17) is 4.74 Å². The molecule has 0 bridgehead atoms. The minimum absolute atomic E-state index is 0.225. The molecule has 1 heterocycles. The topological polar surface area (TPSA) is 67.0 Å². The fourth-order valence-corrected chi connectivity index (χ4v) is 1.50. The molecule has 6 heteroatoms. The standard InChI is InChI=1S/C13H14FN3O2/c1-9(19-11-4-2-10(14)3-5-11)8-15-13(18)12-6-7-16-17-12/h2-7,9H,8H2,1H3,(H,15,18)(H,16,17)/t9-/m1/s1. The molecule has 19 heavy (non-hydrogen) atoms. The molecular formula is C13H14FN3O2. The third kappa shape index (κ3) is 3.80. The highest BCUT2D eigenvalue weighted by Gasteiger charge is 2.09. The predicted molar refractivity (Wildman–Crippen MR) is 67.4 cm³/mol. The number of rotatable bonds is 5. The van der Waals surface area contributed by atoms with Gasteiger partial charge in [0.2, 0.25) is 0 Å². The lowest BCUT2D eigenvalue weighted by atomic mass is 10.3. The highest BCUT2D eigenvalue weighted by atomic mass is 19.1. The Morgan fingerprint density at radius 1 is 1.42 bits per heavy atom. The number of hydrogen-bond acceptors (Lipinski definition) is 3. The molecule has 1 atom stereocenters.